The Balaban J connectivity index is 1.77. The number of likely N-dealkylation sites (tertiary alicyclic amines) is 1. The molecule has 1 heterocycles. The first-order valence-corrected chi connectivity index (χ1v) is 7.82. The zero-order valence-electron chi connectivity index (χ0n) is 11.9. The summed E-state index contributed by atoms with van der Waals surface area (Å²) in [6, 6.07) is 6.09. The summed E-state index contributed by atoms with van der Waals surface area (Å²) < 4.78 is 17.5. The third-order valence-corrected chi connectivity index (χ3v) is 4.55. The highest BCUT2D eigenvalue weighted by atomic mass is 32.2. The van der Waals surface area contributed by atoms with Gasteiger partial charge < -0.3 is 9.64 Å². The maximum atomic E-state index is 12.8. The van der Waals surface area contributed by atoms with Crippen molar-refractivity contribution in [1.82, 2.24) is 4.90 Å². The van der Waals surface area contributed by atoms with Crippen LogP contribution in [0, 0.1) is 11.7 Å². The van der Waals surface area contributed by atoms with Crippen molar-refractivity contribution in [2.75, 3.05) is 26.0 Å². The van der Waals surface area contributed by atoms with Crippen molar-refractivity contribution in [3.63, 3.8) is 0 Å². The van der Waals surface area contributed by atoms with Gasteiger partial charge in [-0.2, -0.15) is 0 Å². The molecule has 1 aromatic rings. The number of thioether (sulfide) groups is 1. The Kier molecular flexibility index (Phi) is 5.61. The number of hydrogen-bond donors (Lipinski definition) is 0. The predicted octanol–water partition coefficient (Wildman–Crippen LogP) is 2.33. The van der Waals surface area contributed by atoms with E-state index in [9.17, 15) is 14.0 Å². The molecule has 0 aliphatic carbocycles. The molecule has 1 aromatic carbocycles. The molecule has 0 N–H and O–H groups in total. The Labute approximate surface area is 127 Å². The highest BCUT2D eigenvalue weighted by Crippen LogP contribution is 2.22. The lowest BCUT2D eigenvalue weighted by Crippen LogP contribution is -2.41. The van der Waals surface area contributed by atoms with Crippen LogP contribution in [0.15, 0.2) is 29.2 Å². The first-order valence-electron chi connectivity index (χ1n) is 6.84. The van der Waals surface area contributed by atoms with Crippen LogP contribution in [0.1, 0.15) is 12.8 Å². The van der Waals surface area contributed by atoms with Crippen LogP contribution in [-0.4, -0.2) is 42.7 Å². The highest BCUT2D eigenvalue weighted by molar-refractivity contribution is 8.00. The molecule has 4 nitrogen and oxygen atoms in total. The van der Waals surface area contributed by atoms with Gasteiger partial charge in [-0.05, 0) is 37.1 Å². The lowest BCUT2D eigenvalue weighted by molar-refractivity contribution is -0.148. The molecular formula is C15H18FNO3S. The number of ether oxygens (including phenoxy) is 1. The summed E-state index contributed by atoms with van der Waals surface area (Å²) in [4.78, 5) is 26.2. The fraction of sp³-hybridized carbons (Fsp3) is 0.467. The summed E-state index contributed by atoms with van der Waals surface area (Å²) in [5.74, 6) is -0.191. The van der Waals surface area contributed by atoms with Crippen molar-refractivity contribution >= 4 is 23.6 Å². The predicted molar refractivity (Wildman–Crippen MR) is 78.4 cm³/mol. The lowest BCUT2D eigenvalue weighted by Gasteiger charge is -2.30. The van der Waals surface area contributed by atoms with E-state index in [0.29, 0.717) is 31.7 Å². The van der Waals surface area contributed by atoms with E-state index in [1.165, 1.54) is 31.0 Å². The average Bonchev–Trinajstić information content (AvgIpc) is 2.53. The zero-order valence-corrected chi connectivity index (χ0v) is 12.7. The third kappa shape index (κ3) is 4.46. The number of piperidine rings is 1. The Morgan fingerprint density at radius 3 is 2.48 bits per heavy atom. The van der Waals surface area contributed by atoms with Crippen molar-refractivity contribution in [1.29, 1.82) is 0 Å². The molecular weight excluding hydrogens is 293 g/mol. The Hall–Kier alpha value is -1.56. The van der Waals surface area contributed by atoms with Gasteiger partial charge in [-0.15, -0.1) is 11.8 Å². The number of methoxy groups -OCH3 is 1. The van der Waals surface area contributed by atoms with Gasteiger partial charge in [0, 0.05) is 18.0 Å². The van der Waals surface area contributed by atoms with Crippen LogP contribution in [0.4, 0.5) is 4.39 Å². The first kappa shape index (κ1) is 15.8. The lowest BCUT2D eigenvalue weighted by atomic mass is 9.97. The van der Waals surface area contributed by atoms with Gasteiger partial charge in [0.1, 0.15) is 5.82 Å². The number of nitrogens with zero attached hydrogens (tertiary/aromatic N) is 1. The third-order valence-electron chi connectivity index (χ3n) is 3.56. The number of carbonyl (C=O) groups excluding carboxylic acids is 2. The quantitative estimate of drug-likeness (QED) is 0.632. The van der Waals surface area contributed by atoms with Gasteiger partial charge in [0.25, 0.3) is 0 Å². The highest BCUT2D eigenvalue weighted by Gasteiger charge is 2.27. The van der Waals surface area contributed by atoms with Gasteiger partial charge in [0.15, 0.2) is 0 Å². The van der Waals surface area contributed by atoms with Crippen LogP contribution in [0.5, 0.6) is 0 Å². The maximum Gasteiger partial charge on any atom is 0.308 e. The topological polar surface area (TPSA) is 46.6 Å². The Morgan fingerprint density at radius 1 is 1.29 bits per heavy atom. The standard InChI is InChI=1S/C15H18FNO3S/c1-20-15(19)11-6-8-17(9-7-11)14(18)10-21-13-4-2-12(16)3-5-13/h2-5,11H,6-10H2,1H3. The van der Waals surface area contributed by atoms with Crippen LogP contribution >= 0.6 is 11.8 Å². The summed E-state index contributed by atoms with van der Waals surface area (Å²) >= 11 is 1.39. The second-order valence-electron chi connectivity index (χ2n) is 4.92. The molecule has 1 fully saturated rings. The van der Waals surface area contributed by atoms with Crippen molar-refractivity contribution in [3.05, 3.63) is 30.1 Å². The molecule has 6 heteroatoms. The average molecular weight is 311 g/mol. The van der Waals surface area contributed by atoms with Crippen molar-refractivity contribution < 1.29 is 18.7 Å². The van der Waals surface area contributed by atoms with Gasteiger partial charge in [-0.3, -0.25) is 9.59 Å². The van der Waals surface area contributed by atoms with E-state index in [1.54, 1.807) is 17.0 Å². The monoisotopic (exact) mass is 311 g/mol. The number of rotatable bonds is 4. The van der Waals surface area contributed by atoms with Crippen LogP contribution in [0.3, 0.4) is 0 Å². The number of hydrogen-bond acceptors (Lipinski definition) is 4. The molecule has 0 spiro atoms. The summed E-state index contributed by atoms with van der Waals surface area (Å²) in [5, 5.41) is 0. The summed E-state index contributed by atoms with van der Waals surface area (Å²) in [6.45, 7) is 1.17. The maximum absolute atomic E-state index is 12.8. The molecule has 2 rings (SSSR count). The summed E-state index contributed by atoms with van der Waals surface area (Å²) in [5.41, 5.74) is 0. The smallest absolute Gasteiger partial charge is 0.308 e. The molecule has 0 saturated carbocycles. The van der Waals surface area contributed by atoms with E-state index >= 15 is 0 Å². The van der Waals surface area contributed by atoms with Crippen LogP contribution in [0.25, 0.3) is 0 Å². The van der Waals surface area contributed by atoms with Crippen molar-refractivity contribution in [2.45, 2.75) is 17.7 Å². The molecule has 1 saturated heterocycles. The van der Waals surface area contributed by atoms with E-state index < -0.39 is 0 Å². The molecule has 1 aliphatic rings. The number of carbonyl (C=O) groups is 2. The van der Waals surface area contributed by atoms with Gasteiger partial charge in [-0.1, -0.05) is 0 Å². The van der Waals surface area contributed by atoms with Gasteiger partial charge in [0.2, 0.25) is 5.91 Å². The molecule has 0 aromatic heterocycles. The molecule has 0 bridgehead atoms. The Morgan fingerprint density at radius 2 is 1.90 bits per heavy atom. The van der Waals surface area contributed by atoms with Gasteiger partial charge >= 0.3 is 5.97 Å². The SMILES string of the molecule is COC(=O)C1CCN(C(=O)CSc2ccc(F)cc2)CC1. The minimum atomic E-state index is -0.282. The first-order chi connectivity index (χ1) is 10.1. The number of amides is 1. The largest absolute Gasteiger partial charge is 0.469 e. The fourth-order valence-corrected chi connectivity index (χ4v) is 3.10. The van der Waals surface area contributed by atoms with Crippen LogP contribution in [-0.2, 0) is 14.3 Å². The summed E-state index contributed by atoms with van der Waals surface area (Å²) in [7, 11) is 1.39. The zero-order chi connectivity index (χ0) is 15.2. The van der Waals surface area contributed by atoms with E-state index in [-0.39, 0.29) is 23.6 Å². The molecule has 1 amide bonds. The van der Waals surface area contributed by atoms with Crippen LogP contribution < -0.4 is 0 Å². The van der Waals surface area contributed by atoms with E-state index in [0.717, 1.165) is 4.90 Å². The van der Waals surface area contributed by atoms with Gasteiger partial charge in [0.05, 0.1) is 18.8 Å². The molecule has 0 atom stereocenters. The van der Waals surface area contributed by atoms with Crippen molar-refractivity contribution in [2.24, 2.45) is 5.92 Å². The van der Waals surface area contributed by atoms with E-state index in [2.05, 4.69) is 0 Å². The fourth-order valence-electron chi connectivity index (χ4n) is 2.30. The number of halogens is 1. The minimum Gasteiger partial charge on any atom is -0.469 e. The molecule has 0 unspecified atom stereocenters. The minimum absolute atomic E-state index is 0.0487. The van der Waals surface area contributed by atoms with Crippen LogP contribution in [0.2, 0.25) is 0 Å². The number of benzene rings is 1. The van der Waals surface area contributed by atoms with Crippen molar-refractivity contribution in [3.8, 4) is 0 Å². The normalized spacial score (nSPS) is 15.8. The van der Waals surface area contributed by atoms with Gasteiger partial charge in [-0.25, -0.2) is 4.39 Å². The summed E-state index contributed by atoms with van der Waals surface area (Å²) in [6.07, 6.45) is 1.30. The van der Waals surface area contributed by atoms with E-state index in [4.69, 9.17) is 4.74 Å². The molecule has 114 valence electrons. The second-order valence-corrected chi connectivity index (χ2v) is 5.97. The Bertz CT molecular complexity index is 498. The molecule has 21 heavy (non-hydrogen) atoms. The number of esters is 1. The molecule has 1 aliphatic heterocycles. The van der Waals surface area contributed by atoms with E-state index in [1.807, 2.05) is 0 Å². The second kappa shape index (κ2) is 7.45. The molecule has 0 radical (unpaired) electrons.